The number of hydrogen-bond acceptors (Lipinski definition) is 6. The molecule has 2 aliphatic rings. The summed E-state index contributed by atoms with van der Waals surface area (Å²) >= 11 is 1.63. The van der Waals surface area contributed by atoms with E-state index in [1.807, 2.05) is 28.9 Å². The molecule has 0 bridgehead atoms. The van der Waals surface area contributed by atoms with E-state index >= 15 is 0 Å². The molecule has 3 atom stereocenters. The van der Waals surface area contributed by atoms with E-state index in [9.17, 15) is 5.11 Å². The van der Waals surface area contributed by atoms with Gasteiger partial charge in [-0.15, -0.1) is 11.3 Å². The molecule has 1 fully saturated rings. The molecule has 0 aliphatic carbocycles. The summed E-state index contributed by atoms with van der Waals surface area (Å²) in [5.41, 5.74) is 3.53. The zero-order valence-electron chi connectivity index (χ0n) is 16.2. The van der Waals surface area contributed by atoms with Gasteiger partial charge in [0.2, 0.25) is 6.29 Å². The van der Waals surface area contributed by atoms with E-state index in [0.717, 1.165) is 35.0 Å². The van der Waals surface area contributed by atoms with E-state index in [-0.39, 0.29) is 0 Å². The molecule has 0 saturated carbocycles. The number of anilines is 1. The number of piperazine rings is 1. The number of imidazole rings is 1. The number of aliphatic hydroxyl groups excluding tert-OH is 1. The predicted octanol–water partition coefficient (Wildman–Crippen LogP) is 3.14. The van der Waals surface area contributed by atoms with E-state index in [2.05, 4.69) is 48.1 Å². The molecule has 146 valence electrons. The van der Waals surface area contributed by atoms with Gasteiger partial charge in [-0.1, -0.05) is 0 Å². The van der Waals surface area contributed by atoms with Crippen LogP contribution in [0.5, 0.6) is 5.75 Å². The summed E-state index contributed by atoms with van der Waals surface area (Å²) in [7, 11) is 0. The summed E-state index contributed by atoms with van der Waals surface area (Å²) in [5, 5.41) is 14.2. The molecule has 7 heteroatoms. The van der Waals surface area contributed by atoms with E-state index in [0.29, 0.717) is 23.4 Å². The first-order valence-electron chi connectivity index (χ1n) is 9.63. The van der Waals surface area contributed by atoms with Crippen molar-refractivity contribution in [2.75, 3.05) is 18.0 Å². The molecule has 6 nitrogen and oxygen atoms in total. The van der Waals surface area contributed by atoms with Crippen LogP contribution in [0.3, 0.4) is 0 Å². The highest BCUT2D eigenvalue weighted by Crippen LogP contribution is 2.36. The number of rotatable bonds is 2. The first-order valence-corrected chi connectivity index (χ1v) is 10.4. The third-order valence-corrected chi connectivity index (χ3v) is 6.21. The lowest BCUT2D eigenvalue weighted by molar-refractivity contribution is 0.0318. The highest BCUT2D eigenvalue weighted by atomic mass is 32.1. The molecule has 4 heterocycles. The van der Waals surface area contributed by atoms with Crippen molar-refractivity contribution in [2.24, 2.45) is 0 Å². The Kier molecular flexibility index (Phi) is 4.19. The lowest BCUT2D eigenvalue weighted by Gasteiger charge is -2.38. The smallest absolute Gasteiger partial charge is 0.226 e. The summed E-state index contributed by atoms with van der Waals surface area (Å²) in [6.45, 7) is 8.38. The predicted molar refractivity (Wildman–Crippen MR) is 113 cm³/mol. The third kappa shape index (κ3) is 3.09. The number of aromatic nitrogens is 2. The molecule has 2 aliphatic heterocycles. The summed E-state index contributed by atoms with van der Waals surface area (Å²) < 4.78 is 7.87. The second-order valence-electron chi connectivity index (χ2n) is 7.82. The average Bonchev–Trinajstić information content (AvgIpc) is 3.17. The Hall–Kier alpha value is -2.35. The molecule has 5 rings (SSSR count). The van der Waals surface area contributed by atoms with Crippen LogP contribution in [0.4, 0.5) is 5.69 Å². The van der Waals surface area contributed by atoms with Gasteiger partial charge >= 0.3 is 0 Å². The minimum Gasteiger partial charge on any atom is -0.460 e. The molecule has 2 aromatic heterocycles. The van der Waals surface area contributed by atoms with E-state index in [4.69, 9.17) is 4.74 Å². The number of hydrogen-bond donors (Lipinski definition) is 2. The summed E-state index contributed by atoms with van der Waals surface area (Å²) in [6, 6.07) is 7.11. The summed E-state index contributed by atoms with van der Waals surface area (Å²) in [4.78, 5) is 9.14. The summed E-state index contributed by atoms with van der Waals surface area (Å²) in [5.74, 6) is 0.712. The third-order valence-electron chi connectivity index (χ3n) is 5.30. The van der Waals surface area contributed by atoms with Crippen LogP contribution in [-0.4, -0.2) is 46.0 Å². The van der Waals surface area contributed by atoms with Gasteiger partial charge in [-0.25, -0.2) is 4.98 Å². The normalized spacial score (nSPS) is 24.8. The second kappa shape index (κ2) is 6.62. The fourth-order valence-corrected chi connectivity index (χ4v) is 4.96. The maximum Gasteiger partial charge on any atom is 0.226 e. The van der Waals surface area contributed by atoms with Crippen molar-refractivity contribution in [2.45, 2.75) is 39.1 Å². The molecular formula is C21H24N4O2S. The first-order chi connectivity index (χ1) is 13.5. The summed E-state index contributed by atoms with van der Waals surface area (Å²) in [6.07, 6.45) is 4.95. The van der Waals surface area contributed by atoms with Crippen molar-refractivity contribution in [3.05, 3.63) is 46.7 Å². The van der Waals surface area contributed by atoms with Gasteiger partial charge in [-0.2, -0.15) is 0 Å². The van der Waals surface area contributed by atoms with Gasteiger partial charge in [0.05, 0.1) is 5.69 Å². The molecule has 0 radical (unpaired) electrons. The number of thiazole rings is 1. The maximum atomic E-state index is 10.6. The molecule has 1 saturated heterocycles. The molecule has 1 aromatic carbocycles. The lowest BCUT2D eigenvalue weighted by Crippen LogP contribution is -2.54. The van der Waals surface area contributed by atoms with Gasteiger partial charge in [-0.3, -0.25) is 4.40 Å². The Bertz CT molecular complexity index is 1030. The van der Waals surface area contributed by atoms with Gasteiger partial charge in [0.25, 0.3) is 0 Å². The first kappa shape index (κ1) is 17.7. The molecule has 2 N–H and O–H groups in total. The van der Waals surface area contributed by atoms with Crippen molar-refractivity contribution < 1.29 is 9.84 Å². The molecule has 1 unspecified atom stereocenters. The molecule has 0 spiro atoms. The molecule has 28 heavy (non-hydrogen) atoms. The van der Waals surface area contributed by atoms with Gasteiger partial charge in [0, 0.05) is 65.3 Å². The zero-order chi connectivity index (χ0) is 19.4. The lowest BCUT2D eigenvalue weighted by atomic mass is 10.0. The largest absolute Gasteiger partial charge is 0.460 e. The molecule has 0 amide bonds. The Labute approximate surface area is 168 Å². The van der Waals surface area contributed by atoms with Crippen LogP contribution < -0.4 is 15.0 Å². The van der Waals surface area contributed by atoms with Crippen LogP contribution in [0.1, 0.15) is 30.0 Å². The Balaban J connectivity index is 1.47. The topological polar surface area (TPSA) is 62.0 Å². The minimum absolute atomic E-state index is 0.441. The average molecular weight is 397 g/mol. The fraction of sp³-hybridized carbons (Fsp3) is 0.381. The monoisotopic (exact) mass is 396 g/mol. The Morgan fingerprint density at radius 1 is 1.21 bits per heavy atom. The van der Waals surface area contributed by atoms with Crippen LogP contribution in [0.25, 0.3) is 16.6 Å². The highest BCUT2D eigenvalue weighted by molar-refractivity contribution is 7.16. The Morgan fingerprint density at radius 2 is 2.00 bits per heavy atom. The highest BCUT2D eigenvalue weighted by Gasteiger charge is 2.26. The SMILES string of the molecule is Cc1cn2cc(C3=Cc4ccc(N5C[C@@H](C)N[C@@H](C)C5)cc4OC3O)nc2s1. The van der Waals surface area contributed by atoms with E-state index in [1.165, 1.54) is 4.88 Å². The van der Waals surface area contributed by atoms with Crippen LogP contribution in [0, 0.1) is 6.92 Å². The number of nitrogens with zero attached hydrogens (tertiary/aromatic N) is 3. The number of nitrogens with one attached hydrogen (secondary N) is 1. The van der Waals surface area contributed by atoms with Crippen molar-refractivity contribution >= 4 is 33.6 Å². The Morgan fingerprint density at radius 3 is 2.75 bits per heavy atom. The fourth-order valence-electron chi connectivity index (χ4n) is 4.15. The number of fused-ring (bicyclic) bond motifs is 2. The van der Waals surface area contributed by atoms with Gasteiger partial charge < -0.3 is 20.1 Å². The van der Waals surface area contributed by atoms with Crippen LogP contribution in [-0.2, 0) is 0 Å². The van der Waals surface area contributed by atoms with Crippen molar-refractivity contribution in [1.29, 1.82) is 0 Å². The van der Waals surface area contributed by atoms with Gasteiger partial charge in [-0.05, 0) is 39.0 Å². The number of aryl methyl sites for hydroxylation is 1. The van der Waals surface area contributed by atoms with Gasteiger partial charge in [0.1, 0.15) is 5.75 Å². The van der Waals surface area contributed by atoms with Crippen molar-refractivity contribution in [3.63, 3.8) is 0 Å². The zero-order valence-corrected chi connectivity index (χ0v) is 17.0. The molecule has 3 aromatic rings. The number of ether oxygens (including phenoxy) is 1. The van der Waals surface area contributed by atoms with Crippen LogP contribution >= 0.6 is 11.3 Å². The van der Waals surface area contributed by atoms with E-state index < -0.39 is 6.29 Å². The number of benzene rings is 1. The van der Waals surface area contributed by atoms with Gasteiger partial charge in [0.15, 0.2) is 4.96 Å². The maximum absolute atomic E-state index is 10.6. The van der Waals surface area contributed by atoms with E-state index in [1.54, 1.807) is 11.3 Å². The van der Waals surface area contributed by atoms with Crippen molar-refractivity contribution in [3.8, 4) is 5.75 Å². The van der Waals surface area contributed by atoms with Crippen LogP contribution in [0.2, 0.25) is 0 Å². The van der Waals surface area contributed by atoms with Crippen LogP contribution in [0.15, 0.2) is 30.6 Å². The quantitative estimate of drug-likeness (QED) is 0.697. The minimum atomic E-state index is -1.02. The van der Waals surface area contributed by atoms with Crippen molar-refractivity contribution in [1.82, 2.24) is 14.7 Å². The standard InChI is InChI=1S/C21H24N4O2S/c1-12-8-24(9-13(2)22-12)16-5-4-15-6-17(20(26)27-19(15)7-16)18-11-25-10-14(3)28-21(25)23-18/h4-7,10-13,20,22,26H,8-9H2,1-3H3/t12-,13+,20?. The number of aliphatic hydroxyl groups is 1. The second-order valence-corrected chi connectivity index (χ2v) is 9.04. The molecular weight excluding hydrogens is 372 g/mol.